The number of ether oxygens (including phenoxy) is 2. The minimum absolute atomic E-state index is 0.0156. The molecule has 0 radical (unpaired) electrons. The van der Waals surface area contributed by atoms with Crippen LogP contribution in [0.5, 0.6) is 0 Å². The number of benzene rings is 1. The molecule has 2 aliphatic rings. The van der Waals surface area contributed by atoms with Crippen molar-refractivity contribution in [1.82, 2.24) is 40.4 Å². The van der Waals surface area contributed by atoms with Crippen LogP contribution in [0.1, 0.15) is 45.1 Å². The Morgan fingerprint density at radius 3 is 2.89 bits per heavy atom. The molecule has 12 heteroatoms. The molecule has 2 aromatic heterocycles. The van der Waals surface area contributed by atoms with Crippen LogP contribution >= 0.6 is 0 Å². The average Bonchev–Trinajstić information content (AvgIpc) is 3.54. The zero-order valence-corrected chi connectivity index (χ0v) is 19.4. The molecule has 1 N–H and O–H groups in total. The molecular weight excluding hydrogens is 452 g/mol. The minimum atomic E-state index is -0.264. The van der Waals surface area contributed by atoms with E-state index in [4.69, 9.17) is 9.47 Å². The van der Waals surface area contributed by atoms with Crippen LogP contribution in [0, 0.1) is 6.92 Å². The second kappa shape index (κ2) is 10.2. The van der Waals surface area contributed by atoms with Gasteiger partial charge in [0.25, 0.3) is 5.95 Å². The first-order valence-electron chi connectivity index (χ1n) is 11.5. The largest absolute Gasteiger partial charge is 0.457 e. The van der Waals surface area contributed by atoms with E-state index in [1.165, 1.54) is 11.0 Å². The first kappa shape index (κ1) is 23.0. The Hall–Kier alpha value is -3.77. The summed E-state index contributed by atoms with van der Waals surface area (Å²) in [6.45, 7) is 5.30. The number of carbonyl (C=O) groups is 2. The van der Waals surface area contributed by atoms with Crippen LogP contribution in [0.2, 0.25) is 0 Å². The number of amides is 1. The Morgan fingerprint density at radius 2 is 2.09 bits per heavy atom. The van der Waals surface area contributed by atoms with Gasteiger partial charge in [-0.3, -0.25) is 4.79 Å². The molecule has 0 aliphatic carbocycles. The Balaban J connectivity index is 1.17. The van der Waals surface area contributed by atoms with Gasteiger partial charge >= 0.3 is 5.97 Å². The highest BCUT2D eigenvalue weighted by molar-refractivity contribution is 5.94. The van der Waals surface area contributed by atoms with Gasteiger partial charge in [-0.05, 0) is 46.5 Å². The van der Waals surface area contributed by atoms with E-state index >= 15 is 0 Å². The highest BCUT2D eigenvalue weighted by atomic mass is 16.5. The predicted molar refractivity (Wildman–Crippen MR) is 122 cm³/mol. The van der Waals surface area contributed by atoms with E-state index in [0.717, 1.165) is 28.7 Å². The number of hydrogen-bond donors (Lipinski definition) is 1. The van der Waals surface area contributed by atoms with Crippen molar-refractivity contribution in [3.8, 4) is 5.95 Å². The average molecular weight is 479 g/mol. The number of cyclic esters (lactones) is 1. The van der Waals surface area contributed by atoms with Crippen molar-refractivity contribution < 1.29 is 19.1 Å². The SMILES string of the molecule is Cc1c([C@@H]2CNCCN(C(=O)Cc3cnc(-n4cnnn4)nc3)CCCO2)ccc2c1COC2=O. The summed E-state index contributed by atoms with van der Waals surface area (Å²) in [6.07, 6.45) is 5.46. The Labute approximate surface area is 201 Å². The zero-order chi connectivity index (χ0) is 24.2. The summed E-state index contributed by atoms with van der Waals surface area (Å²) < 4.78 is 12.7. The number of nitrogens with zero attached hydrogens (tertiary/aromatic N) is 7. The normalized spacial score (nSPS) is 18.7. The number of nitrogens with one attached hydrogen (secondary N) is 1. The third-order valence-corrected chi connectivity index (χ3v) is 6.29. The van der Waals surface area contributed by atoms with E-state index < -0.39 is 0 Å². The smallest absolute Gasteiger partial charge is 0.338 e. The number of rotatable bonds is 4. The van der Waals surface area contributed by atoms with Gasteiger partial charge in [0.1, 0.15) is 12.9 Å². The molecule has 0 saturated carbocycles. The summed E-state index contributed by atoms with van der Waals surface area (Å²) in [5, 5.41) is 14.3. The number of fused-ring (bicyclic) bond motifs is 1. The maximum Gasteiger partial charge on any atom is 0.338 e. The molecule has 1 atom stereocenters. The first-order chi connectivity index (χ1) is 17.1. The summed E-state index contributed by atoms with van der Waals surface area (Å²) in [7, 11) is 0. The van der Waals surface area contributed by atoms with E-state index in [9.17, 15) is 9.59 Å². The lowest BCUT2D eigenvalue weighted by atomic mass is 9.95. The molecule has 0 spiro atoms. The molecule has 1 aromatic carbocycles. The summed E-state index contributed by atoms with van der Waals surface area (Å²) in [5.74, 6) is 0.0973. The van der Waals surface area contributed by atoms with Crippen LogP contribution < -0.4 is 5.32 Å². The van der Waals surface area contributed by atoms with Gasteiger partial charge in [0.05, 0.1) is 18.1 Å². The van der Waals surface area contributed by atoms with Crippen LogP contribution in [-0.2, 0) is 27.3 Å². The topological polar surface area (TPSA) is 137 Å². The third-order valence-electron chi connectivity index (χ3n) is 6.29. The summed E-state index contributed by atoms with van der Waals surface area (Å²) in [4.78, 5) is 35.1. The Morgan fingerprint density at radius 1 is 1.23 bits per heavy atom. The monoisotopic (exact) mass is 478 g/mol. The third kappa shape index (κ3) is 5.03. The van der Waals surface area contributed by atoms with Crippen molar-refractivity contribution in [3.05, 3.63) is 58.7 Å². The van der Waals surface area contributed by atoms with Gasteiger partial charge in [-0.1, -0.05) is 6.07 Å². The molecule has 1 fully saturated rings. The second-order valence-electron chi connectivity index (χ2n) is 8.50. The van der Waals surface area contributed by atoms with Crippen LogP contribution in [0.15, 0.2) is 30.9 Å². The van der Waals surface area contributed by atoms with Crippen molar-refractivity contribution in [2.45, 2.75) is 32.5 Å². The fourth-order valence-corrected chi connectivity index (χ4v) is 4.36. The Kier molecular flexibility index (Phi) is 6.73. The van der Waals surface area contributed by atoms with E-state index in [1.807, 2.05) is 24.0 Å². The fraction of sp³-hybridized carbons (Fsp3) is 0.435. The predicted octanol–water partition coefficient (Wildman–Crippen LogP) is 0.553. The molecule has 1 saturated heterocycles. The quantitative estimate of drug-likeness (QED) is 0.529. The maximum absolute atomic E-state index is 12.9. The van der Waals surface area contributed by atoms with Crippen LogP contribution in [0.3, 0.4) is 0 Å². The molecule has 0 unspecified atom stereocenters. The van der Waals surface area contributed by atoms with E-state index in [-0.39, 0.29) is 24.4 Å². The molecule has 1 amide bonds. The van der Waals surface area contributed by atoms with Gasteiger partial charge in [0.2, 0.25) is 5.91 Å². The molecule has 182 valence electrons. The summed E-state index contributed by atoms with van der Waals surface area (Å²) in [6, 6.07) is 3.79. The van der Waals surface area contributed by atoms with Gasteiger partial charge < -0.3 is 19.7 Å². The van der Waals surface area contributed by atoms with Crippen molar-refractivity contribution in [2.75, 3.05) is 32.8 Å². The second-order valence-corrected chi connectivity index (χ2v) is 8.50. The van der Waals surface area contributed by atoms with Crippen molar-refractivity contribution in [3.63, 3.8) is 0 Å². The van der Waals surface area contributed by atoms with Gasteiger partial charge in [-0.15, -0.1) is 5.10 Å². The molecule has 2 aliphatic heterocycles. The summed E-state index contributed by atoms with van der Waals surface area (Å²) >= 11 is 0. The Bertz CT molecular complexity index is 1190. The minimum Gasteiger partial charge on any atom is -0.457 e. The molecular formula is C23H26N8O4. The van der Waals surface area contributed by atoms with E-state index in [0.29, 0.717) is 50.9 Å². The summed E-state index contributed by atoms with van der Waals surface area (Å²) in [5.41, 5.74) is 4.42. The van der Waals surface area contributed by atoms with E-state index in [2.05, 4.69) is 30.8 Å². The lowest BCUT2D eigenvalue weighted by molar-refractivity contribution is -0.130. The molecule has 3 aromatic rings. The van der Waals surface area contributed by atoms with Gasteiger partial charge in [-0.2, -0.15) is 4.68 Å². The standard InChI is InChI=1S/C23H26N8O4/c1-15-17(3-4-18-19(15)13-35-22(18)33)20-12-24-5-7-30(6-2-8-34-20)21(32)9-16-10-25-23(26-11-16)31-14-27-28-29-31/h3-4,10-11,14,20,24H,2,5-9,12-13H2,1H3/t20-/m0/s1. The van der Waals surface area contributed by atoms with Gasteiger partial charge in [0, 0.05) is 50.7 Å². The molecule has 0 bridgehead atoms. The number of tetrazole rings is 1. The van der Waals surface area contributed by atoms with Crippen LogP contribution in [-0.4, -0.2) is 79.7 Å². The highest BCUT2D eigenvalue weighted by Crippen LogP contribution is 2.30. The first-order valence-corrected chi connectivity index (χ1v) is 11.5. The zero-order valence-electron chi connectivity index (χ0n) is 19.4. The van der Waals surface area contributed by atoms with Crippen LogP contribution in [0.4, 0.5) is 0 Å². The molecule has 4 heterocycles. The number of hydrogen-bond acceptors (Lipinski definition) is 10. The maximum atomic E-state index is 12.9. The lowest BCUT2D eigenvalue weighted by Gasteiger charge is -2.27. The lowest BCUT2D eigenvalue weighted by Crippen LogP contribution is -2.41. The van der Waals surface area contributed by atoms with Gasteiger partial charge in [-0.25, -0.2) is 14.8 Å². The number of carbonyl (C=O) groups excluding carboxylic acids is 2. The van der Waals surface area contributed by atoms with Crippen molar-refractivity contribution in [2.24, 2.45) is 0 Å². The molecule has 35 heavy (non-hydrogen) atoms. The fourth-order valence-electron chi connectivity index (χ4n) is 4.36. The highest BCUT2D eigenvalue weighted by Gasteiger charge is 2.27. The molecule has 5 rings (SSSR count). The van der Waals surface area contributed by atoms with Crippen molar-refractivity contribution >= 4 is 11.9 Å². The van der Waals surface area contributed by atoms with Gasteiger partial charge in [0.15, 0.2) is 0 Å². The van der Waals surface area contributed by atoms with Crippen molar-refractivity contribution in [1.29, 1.82) is 0 Å². The number of esters is 1. The molecule has 12 nitrogen and oxygen atoms in total. The van der Waals surface area contributed by atoms with E-state index in [1.54, 1.807) is 12.4 Å². The van der Waals surface area contributed by atoms with Crippen LogP contribution in [0.25, 0.3) is 5.95 Å². The number of aromatic nitrogens is 6.